The van der Waals surface area contributed by atoms with Gasteiger partial charge in [0, 0.05) is 10.9 Å². The summed E-state index contributed by atoms with van der Waals surface area (Å²) in [5, 5.41) is 3.01. The Morgan fingerprint density at radius 3 is 2.65 bits per heavy atom. The minimum absolute atomic E-state index is 0.0769. The number of aryl methyl sites for hydroxylation is 1. The second-order valence-electron chi connectivity index (χ2n) is 7.59. The van der Waals surface area contributed by atoms with Crippen LogP contribution in [0.15, 0.2) is 65.3 Å². The largest absolute Gasteiger partial charge is 0.481 e. The van der Waals surface area contributed by atoms with E-state index in [-0.39, 0.29) is 12.3 Å². The van der Waals surface area contributed by atoms with Crippen LogP contribution < -0.4 is 15.6 Å². The van der Waals surface area contributed by atoms with E-state index in [2.05, 4.69) is 10.9 Å². The fraction of sp³-hybridized carbons (Fsp3) is 0.200. The number of fused-ring (bicyclic) bond motifs is 3. The van der Waals surface area contributed by atoms with Crippen molar-refractivity contribution in [3.05, 3.63) is 77.6 Å². The summed E-state index contributed by atoms with van der Waals surface area (Å²) in [7, 11) is 0. The third kappa shape index (κ3) is 4.23. The summed E-state index contributed by atoms with van der Waals surface area (Å²) >= 11 is 0. The number of ether oxygens (including phenoxy) is 1. The van der Waals surface area contributed by atoms with Crippen molar-refractivity contribution in [2.24, 2.45) is 0 Å². The van der Waals surface area contributed by atoms with Gasteiger partial charge in [0.05, 0.1) is 12.7 Å². The molecule has 1 atom stereocenters. The fourth-order valence-electron chi connectivity index (χ4n) is 3.55. The molecule has 0 bridgehead atoms. The van der Waals surface area contributed by atoms with E-state index >= 15 is 0 Å². The summed E-state index contributed by atoms with van der Waals surface area (Å²) in [6.45, 7) is 5.56. The van der Waals surface area contributed by atoms with Crippen LogP contribution >= 0.6 is 0 Å². The number of hydrogen-bond donors (Lipinski definition) is 2. The quantitative estimate of drug-likeness (QED) is 0.474. The molecule has 0 radical (unpaired) electrons. The number of carbonyl (C=O) groups excluding carboxylic acids is 2. The summed E-state index contributed by atoms with van der Waals surface area (Å²) in [6, 6.07) is 17.5. The zero-order chi connectivity index (χ0) is 22.0. The van der Waals surface area contributed by atoms with Crippen LogP contribution in [0.1, 0.15) is 23.6 Å². The van der Waals surface area contributed by atoms with Crippen molar-refractivity contribution in [3.63, 3.8) is 0 Å². The highest BCUT2D eigenvalue weighted by atomic mass is 16.5. The first-order valence-corrected chi connectivity index (χ1v) is 10.1. The molecular weight excluding hydrogens is 392 g/mol. The molecule has 0 spiro atoms. The molecule has 0 aliphatic carbocycles. The Kier molecular flexibility index (Phi) is 5.62. The lowest BCUT2D eigenvalue weighted by Crippen LogP contribution is -2.47. The minimum atomic E-state index is -0.764. The molecule has 31 heavy (non-hydrogen) atoms. The molecular formula is C25H24N2O4. The van der Waals surface area contributed by atoms with Gasteiger partial charge >= 0.3 is 0 Å². The molecule has 2 amide bonds. The molecule has 6 nitrogen and oxygen atoms in total. The standard InChI is InChI=1S/C25H24N2O4/c1-15-7-6-10-21(16(15)2)31-17(3)25(29)27-26-23(28)13-19-14-30-22-12-11-18-8-4-5-9-20(18)24(19)22/h4-12,14,17H,13H2,1-3H3,(H,26,28)(H,27,29). The van der Waals surface area contributed by atoms with Crippen molar-refractivity contribution in [1.82, 2.24) is 10.9 Å². The number of benzene rings is 3. The van der Waals surface area contributed by atoms with Gasteiger partial charge in [0.25, 0.3) is 5.91 Å². The number of carbonyl (C=O) groups is 2. The minimum Gasteiger partial charge on any atom is -0.481 e. The van der Waals surface area contributed by atoms with Crippen molar-refractivity contribution < 1.29 is 18.7 Å². The lowest BCUT2D eigenvalue weighted by Gasteiger charge is -2.17. The van der Waals surface area contributed by atoms with Crippen LogP contribution in [-0.4, -0.2) is 17.9 Å². The average molecular weight is 416 g/mol. The van der Waals surface area contributed by atoms with Gasteiger partial charge in [-0.3, -0.25) is 20.4 Å². The number of hydrazine groups is 1. The summed E-state index contributed by atoms with van der Waals surface area (Å²) in [4.78, 5) is 24.8. The Morgan fingerprint density at radius 2 is 1.81 bits per heavy atom. The van der Waals surface area contributed by atoms with Gasteiger partial charge in [-0.25, -0.2) is 0 Å². The van der Waals surface area contributed by atoms with Crippen LogP contribution in [-0.2, 0) is 16.0 Å². The van der Waals surface area contributed by atoms with Crippen molar-refractivity contribution in [2.75, 3.05) is 0 Å². The number of rotatable bonds is 5. The van der Waals surface area contributed by atoms with Crippen LogP contribution in [0.2, 0.25) is 0 Å². The Labute approximate surface area is 180 Å². The lowest BCUT2D eigenvalue weighted by atomic mass is 10.0. The highest BCUT2D eigenvalue weighted by molar-refractivity contribution is 6.08. The molecule has 2 N–H and O–H groups in total. The van der Waals surface area contributed by atoms with Crippen LogP contribution in [0.4, 0.5) is 0 Å². The predicted molar refractivity (Wildman–Crippen MR) is 120 cm³/mol. The SMILES string of the molecule is Cc1cccc(OC(C)C(=O)NNC(=O)Cc2coc3ccc4ccccc4c23)c1C. The first-order chi connectivity index (χ1) is 14.9. The van der Waals surface area contributed by atoms with Gasteiger partial charge in [-0.1, -0.05) is 42.5 Å². The van der Waals surface area contributed by atoms with Crippen molar-refractivity contribution in [2.45, 2.75) is 33.3 Å². The molecule has 4 rings (SSSR count). The third-order valence-corrected chi connectivity index (χ3v) is 5.44. The van der Waals surface area contributed by atoms with Gasteiger partial charge in [0.15, 0.2) is 6.10 Å². The molecule has 0 saturated heterocycles. The molecule has 4 aromatic rings. The number of amides is 2. The summed E-state index contributed by atoms with van der Waals surface area (Å²) in [5.41, 5.74) is 8.45. The molecule has 0 aliphatic heterocycles. The van der Waals surface area contributed by atoms with E-state index in [1.165, 1.54) is 0 Å². The first kappa shape index (κ1) is 20.5. The number of furan rings is 1. The van der Waals surface area contributed by atoms with Crippen molar-refractivity contribution >= 4 is 33.6 Å². The second kappa shape index (κ2) is 8.52. The Balaban J connectivity index is 1.40. The molecule has 1 unspecified atom stereocenters. The van der Waals surface area contributed by atoms with E-state index in [4.69, 9.17) is 9.15 Å². The van der Waals surface area contributed by atoms with Crippen LogP contribution in [0, 0.1) is 13.8 Å². The van der Waals surface area contributed by atoms with Crippen LogP contribution in [0.5, 0.6) is 5.75 Å². The maximum absolute atomic E-state index is 12.5. The lowest BCUT2D eigenvalue weighted by molar-refractivity contribution is -0.132. The van der Waals surface area contributed by atoms with Gasteiger partial charge in [0.2, 0.25) is 5.91 Å². The molecule has 0 saturated carbocycles. The zero-order valence-electron chi connectivity index (χ0n) is 17.7. The smallest absolute Gasteiger partial charge is 0.279 e. The van der Waals surface area contributed by atoms with E-state index < -0.39 is 12.0 Å². The van der Waals surface area contributed by atoms with Gasteiger partial charge in [-0.05, 0) is 54.8 Å². The molecule has 0 aliphatic rings. The Hall–Kier alpha value is -3.80. The van der Waals surface area contributed by atoms with Gasteiger partial charge < -0.3 is 9.15 Å². The monoisotopic (exact) mass is 416 g/mol. The van der Waals surface area contributed by atoms with E-state index in [1.807, 2.05) is 68.4 Å². The average Bonchev–Trinajstić information content (AvgIpc) is 3.18. The molecule has 3 aromatic carbocycles. The maximum atomic E-state index is 12.5. The summed E-state index contributed by atoms with van der Waals surface area (Å²) < 4.78 is 11.4. The van der Waals surface area contributed by atoms with Gasteiger partial charge in [-0.15, -0.1) is 0 Å². The summed E-state index contributed by atoms with van der Waals surface area (Å²) in [5.74, 6) is -0.134. The maximum Gasteiger partial charge on any atom is 0.279 e. The van der Waals surface area contributed by atoms with Crippen LogP contribution in [0.25, 0.3) is 21.7 Å². The third-order valence-electron chi connectivity index (χ3n) is 5.44. The van der Waals surface area contributed by atoms with Gasteiger partial charge in [-0.2, -0.15) is 0 Å². The van der Waals surface area contributed by atoms with E-state index in [9.17, 15) is 9.59 Å². The second-order valence-corrected chi connectivity index (χ2v) is 7.59. The van der Waals surface area contributed by atoms with Crippen molar-refractivity contribution in [3.8, 4) is 5.75 Å². The number of hydrogen-bond acceptors (Lipinski definition) is 4. The Morgan fingerprint density at radius 1 is 1.00 bits per heavy atom. The molecule has 1 heterocycles. The molecule has 1 aromatic heterocycles. The van der Waals surface area contributed by atoms with E-state index in [0.717, 1.165) is 38.4 Å². The highest BCUT2D eigenvalue weighted by Crippen LogP contribution is 2.30. The highest BCUT2D eigenvalue weighted by Gasteiger charge is 2.18. The fourth-order valence-corrected chi connectivity index (χ4v) is 3.55. The molecule has 6 heteroatoms. The molecule has 158 valence electrons. The Bertz CT molecular complexity index is 1280. The van der Waals surface area contributed by atoms with E-state index in [1.54, 1.807) is 13.2 Å². The molecule has 0 fully saturated rings. The zero-order valence-corrected chi connectivity index (χ0v) is 17.7. The normalized spacial score (nSPS) is 12.0. The predicted octanol–water partition coefficient (Wildman–Crippen LogP) is 4.36. The topological polar surface area (TPSA) is 80.6 Å². The number of nitrogens with one attached hydrogen (secondary N) is 2. The van der Waals surface area contributed by atoms with Gasteiger partial charge in [0.1, 0.15) is 11.3 Å². The van der Waals surface area contributed by atoms with Crippen molar-refractivity contribution in [1.29, 1.82) is 0 Å². The van der Waals surface area contributed by atoms with E-state index in [0.29, 0.717) is 5.75 Å². The summed E-state index contributed by atoms with van der Waals surface area (Å²) in [6.07, 6.45) is 0.901. The first-order valence-electron chi connectivity index (χ1n) is 10.1. The van der Waals surface area contributed by atoms with Crippen LogP contribution in [0.3, 0.4) is 0 Å².